The highest BCUT2D eigenvalue weighted by Gasteiger charge is 2.21. The molecule has 0 atom stereocenters. The normalized spacial score (nSPS) is 12.0. The summed E-state index contributed by atoms with van der Waals surface area (Å²) < 4.78 is 25.0. The van der Waals surface area contributed by atoms with Gasteiger partial charge in [-0.1, -0.05) is 26.0 Å². The van der Waals surface area contributed by atoms with E-state index >= 15 is 0 Å². The van der Waals surface area contributed by atoms with E-state index in [1.165, 1.54) is 24.5 Å². The molecule has 1 aromatic heterocycles. The van der Waals surface area contributed by atoms with Crippen molar-refractivity contribution < 1.29 is 8.42 Å². The summed E-state index contributed by atoms with van der Waals surface area (Å²) in [5.74, 6) is 0.514. The molecule has 0 aliphatic carbocycles. The number of anilines is 1. The lowest BCUT2D eigenvalue weighted by Gasteiger charge is -2.07. The number of sulfone groups is 1. The van der Waals surface area contributed by atoms with E-state index in [2.05, 4.69) is 15.3 Å². The second-order valence-electron chi connectivity index (χ2n) is 5.06. The van der Waals surface area contributed by atoms with Crippen LogP contribution in [0.4, 0.5) is 5.95 Å². The first-order valence-corrected chi connectivity index (χ1v) is 8.42. The third kappa shape index (κ3) is 3.93. The Morgan fingerprint density at radius 2 is 1.83 bits per heavy atom. The van der Waals surface area contributed by atoms with Gasteiger partial charge in [-0.2, -0.15) is 5.26 Å². The minimum atomic E-state index is -3.88. The summed E-state index contributed by atoms with van der Waals surface area (Å²) in [6.07, 6.45) is 4.11. The van der Waals surface area contributed by atoms with Crippen LogP contribution >= 0.6 is 0 Å². The van der Waals surface area contributed by atoms with Crippen LogP contribution in [0.25, 0.3) is 0 Å². The minimum Gasteiger partial charge on any atom is -0.329 e. The summed E-state index contributed by atoms with van der Waals surface area (Å²) in [5.41, 5.74) is 1.03. The van der Waals surface area contributed by atoms with Crippen LogP contribution in [0.5, 0.6) is 0 Å². The van der Waals surface area contributed by atoms with Crippen LogP contribution in [0, 0.1) is 11.3 Å². The number of hydrogen-bond donors (Lipinski definition) is 1. The van der Waals surface area contributed by atoms with Crippen LogP contribution in [-0.2, 0) is 9.84 Å². The molecule has 0 saturated heterocycles. The molecule has 0 saturated carbocycles. The van der Waals surface area contributed by atoms with E-state index in [0.29, 0.717) is 5.92 Å². The van der Waals surface area contributed by atoms with Gasteiger partial charge in [0, 0.05) is 18.6 Å². The predicted molar refractivity (Wildman–Crippen MR) is 87.1 cm³/mol. The molecule has 2 rings (SSSR count). The first-order valence-electron chi connectivity index (χ1n) is 6.94. The molecule has 0 aliphatic rings. The summed E-state index contributed by atoms with van der Waals surface area (Å²) in [7, 11) is -3.88. The molecule has 0 bridgehead atoms. The zero-order chi connectivity index (χ0) is 16.9. The maximum Gasteiger partial charge on any atom is 0.226 e. The van der Waals surface area contributed by atoms with Crippen molar-refractivity contribution in [1.29, 1.82) is 5.26 Å². The fourth-order valence-electron chi connectivity index (χ4n) is 1.83. The van der Waals surface area contributed by atoms with Gasteiger partial charge in [0.05, 0.1) is 4.90 Å². The Morgan fingerprint density at radius 1 is 1.22 bits per heavy atom. The number of benzene rings is 1. The molecule has 1 aromatic carbocycles. The number of rotatable bonds is 5. The van der Waals surface area contributed by atoms with E-state index in [4.69, 9.17) is 5.26 Å². The monoisotopic (exact) mass is 328 g/mol. The Balaban J connectivity index is 2.30. The van der Waals surface area contributed by atoms with Crippen LogP contribution in [0.1, 0.15) is 25.3 Å². The van der Waals surface area contributed by atoms with Crippen molar-refractivity contribution in [3.05, 3.63) is 59.4 Å². The number of hydrogen-bond acceptors (Lipinski definition) is 6. The largest absolute Gasteiger partial charge is 0.329 e. The highest BCUT2D eigenvalue weighted by Crippen LogP contribution is 2.22. The molecular formula is C16H16N4O2S. The summed E-state index contributed by atoms with van der Waals surface area (Å²) >= 11 is 0. The van der Waals surface area contributed by atoms with Crippen molar-refractivity contribution in [2.75, 3.05) is 5.32 Å². The molecule has 23 heavy (non-hydrogen) atoms. The van der Waals surface area contributed by atoms with Crippen molar-refractivity contribution in [1.82, 2.24) is 9.97 Å². The van der Waals surface area contributed by atoms with Crippen molar-refractivity contribution in [2.24, 2.45) is 0 Å². The molecule has 0 radical (unpaired) electrons. The standard InChI is InChI=1S/C16H16N4O2S/c1-12(2)13-4-6-14(7-5-13)23(21,22)15(10-17)11-20-16-18-8-3-9-19-16/h3-9,11-12H,1-2H3,(H,18,19,20). The molecule has 1 N–H and O–H groups in total. The van der Waals surface area contributed by atoms with E-state index in [1.807, 2.05) is 13.8 Å². The molecule has 0 fully saturated rings. The second kappa shape index (κ2) is 7.03. The van der Waals surface area contributed by atoms with Gasteiger partial charge in [0.15, 0.2) is 4.91 Å². The SMILES string of the molecule is CC(C)c1ccc(S(=O)(=O)C(C#N)=CNc2ncccn2)cc1. The first-order chi connectivity index (χ1) is 10.9. The Hall–Kier alpha value is -2.72. The molecule has 118 valence electrons. The second-order valence-corrected chi connectivity index (χ2v) is 6.98. The number of aromatic nitrogens is 2. The Labute approximate surface area is 135 Å². The van der Waals surface area contributed by atoms with E-state index in [9.17, 15) is 8.42 Å². The predicted octanol–water partition coefficient (Wildman–Crippen LogP) is 2.85. The highest BCUT2D eigenvalue weighted by atomic mass is 32.2. The van der Waals surface area contributed by atoms with Crippen LogP contribution < -0.4 is 5.32 Å². The third-order valence-corrected chi connectivity index (χ3v) is 4.84. The van der Waals surface area contributed by atoms with Gasteiger partial charge in [0.1, 0.15) is 6.07 Å². The van der Waals surface area contributed by atoms with Crippen LogP contribution in [-0.4, -0.2) is 18.4 Å². The average molecular weight is 328 g/mol. The minimum absolute atomic E-state index is 0.0745. The summed E-state index contributed by atoms with van der Waals surface area (Å²) in [4.78, 5) is 7.47. The van der Waals surface area contributed by atoms with Crippen molar-refractivity contribution >= 4 is 15.8 Å². The zero-order valence-corrected chi connectivity index (χ0v) is 13.6. The molecule has 1 heterocycles. The molecule has 0 aliphatic heterocycles. The van der Waals surface area contributed by atoms with Crippen molar-refractivity contribution in [3.63, 3.8) is 0 Å². The summed E-state index contributed by atoms with van der Waals surface area (Å²) in [6, 6.07) is 9.85. The fraction of sp³-hybridized carbons (Fsp3) is 0.188. The number of allylic oxidation sites excluding steroid dienone is 1. The van der Waals surface area contributed by atoms with Gasteiger partial charge in [-0.25, -0.2) is 18.4 Å². The summed E-state index contributed by atoms with van der Waals surface area (Å²) in [6.45, 7) is 4.04. The lowest BCUT2D eigenvalue weighted by atomic mass is 10.0. The fourth-order valence-corrected chi connectivity index (χ4v) is 2.92. The molecule has 7 heteroatoms. The van der Waals surface area contributed by atoms with Crippen LogP contribution in [0.2, 0.25) is 0 Å². The number of nitrogens with one attached hydrogen (secondary N) is 1. The first kappa shape index (κ1) is 16.6. The van der Waals surface area contributed by atoms with Crippen molar-refractivity contribution in [3.8, 4) is 6.07 Å². The lowest BCUT2D eigenvalue weighted by Crippen LogP contribution is -2.06. The molecule has 0 spiro atoms. The van der Waals surface area contributed by atoms with Crippen LogP contribution in [0.3, 0.4) is 0 Å². The average Bonchev–Trinajstić information content (AvgIpc) is 2.56. The van der Waals surface area contributed by atoms with Gasteiger partial charge in [0.2, 0.25) is 15.8 Å². The van der Waals surface area contributed by atoms with Crippen molar-refractivity contribution in [2.45, 2.75) is 24.7 Å². The maximum absolute atomic E-state index is 12.5. The molecule has 2 aromatic rings. The zero-order valence-electron chi connectivity index (χ0n) is 12.8. The van der Waals surface area contributed by atoms with Gasteiger partial charge >= 0.3 is 0 Å². The molecule has 0 unspecified atom stereocenters. The quantitative estimate of drug-likeness (QED) is 0.848. The molecule has 0 amide bonds. The lowest BCUT2D eigenvalue weighted by molar-refractivity contribution is 0.603. The molecule has 6 nitrogen and oxygen atoms in total. The molecular weight excluding hydrogens is 312 g/mol. The maximum atomic E-state index is 12.5. The Morgan fingerprint density at radius 3 is 2.35 bits per heavy atom. The van der Waals surface area contributed by atoms with Gasteiger partial charge in [-0.3, -0.25) is 0 Å². The smallest absolute Gasteiger partial charge is 0.226 e. The van der Waals surface area contributed by atoms with E-state index < -0.39 is 14.7 Å². The third-order valence-electron chi connectivity index (χ3n) is 3.15. The van der Waals surface area contributed by atoms with E-state index in [0.717, 1.165) is 11.8 Å². The van der Waals surface area contributed by atoms with Crippen LogP contribution in [0.15, 0.2) is 58.7 Å². The topological polar surface area (TPSA) is 95.7 Å². The number of nitriles is 1. The number of nitrogens with zero attached hydrogens (tertiary/aromatic N) is 3. The van der Waals surface area contributed by atoms with Gasteiger partial charge in [0.25, 0.3) is 0 Å². The van der Waals surface area contributed by atoms with E-state index in [1.54, 1.807) is 24.3 Å². The van der Waals surface area contributed by atoms with Gasteiger partial charge < -0.3 is 5.32 Å². The van der Waals surface area contributed by atoms with E-state index in [-0.39, 0.29) is 10.8 Å². The Kier molecular flexibility index (Phi) is 5.09. The van der Waals surface area contributed by atoms with Gasteiger partial charge in [-0.15, -0.1) is 0 Å². The summed E-state index contributed by atoms with van der Waals surface area (Å²) in [5, 5.41) is 11.8. The highest BCUT2D eigenvalue weighted by molar-refractivity contribution is 7.95. The Bertz CT molecular complexity index is 836. The van der Waals surface area contributed by atoms with Gasteiger partial charge in [-0.05, 0) is 29.7 Å².